The number of nitro benzene ring substituents is 2. The SMILES string of the molecule is Cc1ccc([N+](=O)[O-])cc1N/N=C/c1cc([N+](=O)[O-])ccc1O. The number of nitro groups is 2. The summed E-state index contributed by atoms with van der Waals surface area (Å²) in [4.78, 5) is 20.3. The molecule has 0 atom stereocenters. The number of phenols is 1. The number of anilines is 1. The lowest BCUT2D eigenvalue weighted by molar-refractivity contribution is -0.385. The van der Waals surface area contributed by atoms with Crippen LogP contribution in [0, 0.1) is 27.2 Å². The number of hydrogen-bond donors (Lipinski definition) is 2. The minimum atomic E-state index is -0.588. The zero-order valence-electron chi connectivity index (χ0n) is 12.0. The molecule has 0 saturated carbocycles. The Labute approximate surface area is 130 Å². The second-order valence-corrected chi connectivity index (χ2v) is 4.63. The summed E-state index contributed by atoms with van der Waals surface area (Å²) in [5, 5.41) is 35.0. The fraction of sp³-hybridized carbons (Fsp3) is 0.0714. The predicted octanol–water partition coefficient (Wildman–Crippen LogP) is 2.96. The van der Waals surface area contributed by atoms with E-state index in [2.05, 4.69) is 10.5 Å². The van der Waals surface area contributed by atoms with Gasteiger partial charge in [-0.05, 0) is 18.6 Å². The second-order valence-electron chi connectivity index (χ2n) is 4.63. The van der Waals surface area contributed by atoms with Gasteiger partial charge in [-0.25, -0.2) is 0 Å². The highest BCUT2D eigenvalue weighted by Crippen LogP contribution is 2.23. The van der Waals surface area contributed by atoms with Gasteiger partial charge < -0.3 is 5.11 Å². The van der Waals surface area contributed by atoms with Crippen LogP contribution in [0.25, 0.3) is 0 Å². The van der Waals surface area contributed by atoms with Crippen molar-refractivity contribution in [1.82, 2.24) is 0 Å². The van der Waals surface area contributed by atoms with Crippen LogP contribution < -0.4 is 5.43 Å². The zero-order chi connectivity index (χ0) is 17.0. The van der Waals surface area contributed by atoms with Crippen molar-refractivity contribution in [1.29, 1.82) is 0 Å². The van der Waals surface area contributed by atoms with Crippen molar-refractivity contribution in [2.24, 2.45) is 5.10 Å². The van der Waals surface area contributed by atoms with Gasteiger partial charge in [-0.1, -0.05) is 6.07 Å². The smallest absolute Gasteiger partial charge is 0.271 e. The van der Waals surface area contributed by atoms with Gasteiger partial charge in [0.1, 0.15) is 5.75 Å². The third-order valence-corrected chi connectivity index (χ3v) is 3.04. The van der Waals surface area contributed by atoms with Crippen molar-refractivity contribution >= 4 is 23.3 Å². The first-order valence-corrected chi connectivity index (χ1v) is 6.40. The largest absolute Gasteiger partial charge is 0.507 e. The molecule has 0 saturated heterocycles. The van der Waals surface area contributed by atoms with Crippen LogP contribution in [-0.2, 0) is 0 Å². The quantitative estimate of drug-likeness (QED) is 0.495. The summed E-state index contributed by atoms with van der Waals surface area (Å²) < 4.78 is 0. The molecule has 0 aliphatic rings. The first kappa shape index (κ1) is 15.9. The number of hydrogen-bond acceptors (Lipinski definition) is 7. The summed E-state index contributed by atoms with van der Waals surface area (Å²) in [7, 11) is 0. The third-order valence-electron chi connectivity index (χ3n) is 3.04. The molecule has 0 fully saturated rings. The number of nitrogens with one attached hydrogen (secondary N) is 1. The van der Waals surface area contributed by atoms with Crippen LogP contribution in [0.2, 0.25) is 0 Å². The monoisotopic (exact) mass is 316 g/mol. The molecule has 9 heteroatoms. The summed E-state index contributed by atoms with van der Waals surface area (Å²) >= 11 is 0. The van der Waals surface area contributed by atoms with Gasteiger partial charge >= 0.3 is 0 Å². The molecule has 0 aliphatic heterocycles. The Bertz CT molecular complexity index is 804. The average molecular weight is 316 g/mol. The Balaban J connectivity index is 2.22. The highest BCUT2D eigenvalue weighted by Gasteiger charge is 2.10. The molecule has 23 heavy (non-hydrogen) atoms. The predicted molar refractivity (Wildman–Crippen MR) is 83.8 cm³/mol. The Morgan fingerprint density at radius 3 is 2.35 bits per heavy atom. The number of rotatable bonds is 5. The molecule has 0 aliphatic carbocycles. The van der Waals surface area contributed by atoms with E-state index in [9.17, 15) is 25.3 Å². The summed E-state index contributed by atoms with van der Waals surface area (Å²) in [6, 6.07) is 7.79. The van der Waals surface area contributed by atoms with Gasteiger partial charge in [0.05, 0.1) is 21.7 Å². The van der Waals surface area contributed by atoms with E-state index >= 15 is 0 Å². The van der Waals surface area contributed by atoms with Crippen molar-refractivity contribution in [3.8, 4) is 5.75 Å². The van der Waals surface area contributed by atoms with E-state index in [0.717, 1.165) is 5.56 Å². The van der Waals surface area contributed by atoms with Crippen LogP contribution >= 0.6 is 0 Å². The zero-order valence-corrected chi connectivity index (χ0v) is 12.0. The Kier molecular flexibility index (Phi) is 4.50. The molecule has 9 nitrogen and oxygen atoms in total. The van der Waals surface area contributed by atoms with E-state index < -0.39 is 9.85 Å². The summed E-state index contributed by atoms with van der Waals surface area (Å²) in [6.45, 7) is 1.74. The molecule has 0 amide bonds. The number of phenolic OH excluding ortho intramolecular Hbond substituents is 1. The molecular weight excluding hydrogens is 304 g/mol. The van der Waals surface area contributed by atoms with Crippen LogP contribution in [0.15, 0.2) is 41.5 Å². The number of aromatic hydroxyl groups is 1. The maximum absolute atomic E-state index is 10.7. The van der Waals surface area contributed by atoms with E-state index in [1.165, 1.54) is 36.5 Å². The lowest BCUT2D eigenvalue weighted by Crippen LogP contribution is -1.96. The highest BCUT2D eigenvalue weighted by atomic mass is 16.6. The second kappa shape index (κ2) is 6.52. The lowest BCUT2D eigenvalue weighted by Gasteiger charge is -2.04. The fourth-order valence-corrected chi connectivity index (χ4v) is 1.77. The number of nitrogens with zero attached hydrogens (tertiary/aromatic N) is 3. The molecule has 2 N–H and O–H groups in total. The molecule has 0 aromatic heterocycles. The Morgan fingerprint density at radius 1 is 1.09 bits per heavy atom. The van der Waals surface area contributed by atoms with Crippen molar-refractivity contribution in [2.45, 2.75) is 6.92 Å². The minimum Gasteiger partial charge on any atom is -0.507 e. The standard InChI is InChI=1S/C14H12N4O5/c1-9-2-3-12(18(22)23)7-13(9)16-15-8-10-6-11(17(20)21)4-5-14(10)19/h2-8,16,19H,1H3/b15-8+. The fourth-order valence-electron chi connectivity index (χ4n) is 1.77. The van der Waals surface area contributed by atoms with Gasteiger partial charge in [0.25, 0.3) is 11.4 Å². The van der Waals surface area contributed by atoms with Gasteiger partial charge in [-0.3, -0.25) is 25.7 Å². The molecule has 118 valence electrons. The van der Waals surface area contributed by atoms with Crippen LogP contribution in [0.3, 0.4) is 0 Å². The van der Waals surface area contributed by atoms with E-state index in [-0.39, 0.29) is 22.7 Å². The molecule has 0 bridgehead atoms. The first-order chi connectivity index (χ1) is 10.9. The molecule has 0 radical (unpaired) electrons. The number of benzene rings is 2. The maximum Gasteiger partial charge on any atom is 0.271 e. The van der Waals surface area contributed by atoms with E-state index in [4.69, 9.17) is 0 Å². The van der Waals surface area contributed by atoms with Crippen molar-refractivity contribution < 1.29 is 15.0 Å². The maximum atomic E-state index is 10.7. The Morgan fingerprint density at radius 2 is 1.70 bits per heavy atom. The molecule has 0 spiro atoms. The third kappa shape index (κ3) is 3.79. The van der Waals surface area contributed by atoms with Crippen LogP contribution in [0.4, 0.5) is 17.1 Å². The topological polar surface area (TPSA) is 131 Å². The van der Waals surface area contributed by atoms with Gasteiger partial charge in [-0.2, -0.15) is 5.10 Å². The van der Waals surface area contributed by atoms with Crippen LogP contribution in [0.1, 0.15) is 11.1 Å². The summed E-state index contributed by atoms with van der Waals surface area (Å²) in [5.41, 5.74) is 3.64. The van der Waals surface area contributed by atoms with Gasteiger partial charge in [0.2, 0.25) is 0 Å². The normalized spacial score (nSPS) is 10.7. The molecule has 0 unspecified atom stereocenters. The molecule has 2 aromatic carbocycles. The van der Waals surface area contributed by atoms with Gasteiger partial charge in [0.15, 0.2) is 0 Å². The average Bonchev–Trinajstić information content (AvgIpc) is 2.50. The minimum absolute atomic E-state index is 0.0912. The summed E-state index contributed by atoms with van der Waals surface area (Å²) in [5.74, 6) is -0.170. The van der Waals surface area contributed by atoms with Gasteiger partial charge in [0, 0.05) is 29.8 Å². The highest BCUT2D eigenvalue weighted by molar-refractivity contribution is 5.85. The Hall–Kier alpha value is -3.49. The molecular formula is C14H12N4O5. The molecule has 0 heterocycles. The number of hydrazone groups is 1. The van der Waals surface area contributed by atoms with Crippen molar-refractivity contribution in [3.63, 3.8) is 0 Å². The van der Waals surface area contributed by atoms with Crippen LogP contribution in [-0.4, -0.2) is 21.2 Å². The van der Waals surface area contributed by atoms with E-state index in [0.29, 0.717) is 5.69 Å². The van der Waals surface area contributed by atoms with Crippen molar-refractivity contribution in [3.05, 3.63) is 67.8 Å². The van der Waals surface area contributed by atoms with Crippen molar-refractivity contribution in [2.75, 3.05) is 5.43 Å². The van der Waals surface area contributed by atoms with E-state index in [1.54, 1.807) is 13.0 Å². The van der Waals surface area contributed by atoms with E-state index in [1.807, 2.05) is 0 Å². The molecule has 2 rings (SSSR count). The molecule has 2 aromatic rings. The number of aryl methyl sites for hydroxylation is 1. The lowest BCUT2D eigenvalue weighted by atomic mass is 10.2. The van der Waals surface area contributed by atoms with Crippen LogP contribution in [0.5, 0.6) is 5.75 Å². The van der Waals surface area contributed by atoms with Gasteiger partial charge in [-0.15, -0.1) is 0 Å². The first-order valence-electron chi connectivity index (χ1n) is 6.40. The summed E-state index contributed by atoms with van der Waals surface area (Å²) in [6.07, 6.45) is 1.20. The number of non-ortho nitro benzene ring substituents is 2.